The van der Waals surface area contributed by atoms with Crippen molar-refractivity contribution in [3.8, 4) is 0 Å². The lowest BCUT2D eigenvalue weighted by Gasteiger charge is -2.13. The van der Waals surface area contributed by atoms with E-state index in [1.165, 1.54) is 17.4 Å². The number of aromatic nitrogens is 2. The molecule has 7 heteroatoms. The van der Waals surface area contributed by atoms with Crippen LogP contribution in [0.3, 0.4) is 0 Å². The Bertz CT molecular complexity index is 679. The molecule has 1 amide bonds. The number of hydrogen-bond donors (Lipinski definition) is 2. The molecule has 1 saturated carbocycles. The average Bonchev–Trinajstić information content (AvgIpc) is 3.12. The number of rotatable bonds is 4. The summed E-state index contributed by atoms with van der Waals surface area (Å²) in [6.45, 7) is 0.512. The zero-order chi connectivity index (χ0) is 14.8. The maximum absolute atomic E-state index is 11.8. The van der Waals surface area contributed by atoms with Crippen molar-refractivity contribution in [3.63, 3.8) is 0 Å². The van der Waals surface area contributed by atoms with Gasteiger partial charge < -0.3 is 10.4 Å². The molecule has 0 saturated heterocycles. The number of imidazole rings is 1. The number of halogens is 1. The van der Waals surface area contributed by atoms with Crippen LogP contribution in [0.1, 0.15) is 25.0 Å². The van der Waals surface area contributed by atoms with Crippen molar-refractivity contribution in [1.82, 2.24) is 14.7 Å². The van der Waals surface area contributed by atoms with E-state index < -0.39 is 0 Å². The van der Waals surface area contributed by atoms with Gasteiger partial charge in [0.05, 0.1) is 11.8 Å². The zero-order valence-corrected chi connectivity index (χ0v) is 12.9. The topological polar surface area (TPSA) is 66.6 Å². The number of nitrogens with zero attached hydrogens (tertiary/aromatic N) is 2. The molecule has 112 valence electrons. The Labute approximate surface area is 131 Å². The molecule has 2 N–H and O–H groups in total. The molecule has 0 bridgehead atoms. The average molecular weight is 326 g/mol. The van der Waals surface area contributed by atoms with Crippen LogP contribution in [0.2, 0.25) is 5.15 Å². The van der Waals surface area contributed by atoms with Crippen molar-refractivity contribution in [2.24, 2.45) is 5.92 Å². The molecule has 5 nitrogen and oxygen atoms in total. The second-order valence-electron chi connectivity index (χ2n) is 5.18. The van der Waals surface area contributed by atoms with E-state index in [0.29, 0.717) is 17.4 Å². The minimum Gasteiger partial charge on any atom is -0.393 e. The van der Waals surface area contributed by atoms with Crippen LogP contribution >= 0.6 is 22.9 Å². The van der Waals surface area contributed by atoms with Crippen LogP contribution in [-0.4, -0.2) is 33.0 Å². The van der Waals surface area contributed by atoms with Gasteiger partial charge in [0.15, 0.2) is 10.1 Å². The number of nitrogens with one attached hydrogen (secondary N) is 1. The first kappa shape index (κ1) is 14.6. The van der Waals surface area contributed by atoms with Crippen molar-refractivity contribution in [1.29, 1.82) is 0 Å². The Hall–Kier alpha value is -1.37. The monoisotopic (exact) mass is 325 g/mol. The van der Waals surface area contributed by atoms with E-state index in [1.807, 2.05) is 16.0 Å². The molecule has 2 aromatic rings. The van der Waals surface area contributed by atoms with Gasteiger partial charge >= 0.3 is 0 Å². The highest BCUT2D eigenvalue weighted by molar-refractivity contribution is 7.15. The Balaban J connectivity index is 1.61. The van der Waals surface area contributed by atoms with Gasteiger partial charge in [-0.1, -0.05) is 18.0 Å². The first-order chi connectivity index (χ1) is 10.1. The highest BCUT2D eigenvalue weighted by Gasteiger charge is 2.24. The standard InChI is InChI=1S/C14H16ClN3O2S/c15-13-10(18-6-7-21-14(18)17-13)4-5-12(20)16-8-9-2-1-3-11(9)19/h4-7,9,11,19H,1-3,8H2,(H,16,20). The summed E-state index contributed by atoms with van der Waals surface area (Å²) in [5.41, 5.74) is 0.698. The van der Waals surface area contributed by atoms with Crippen molar-refractivity contribution in [2.45, 2.75) is 25.4 Å². The van der Waals surface area contributed by atoms with Crippen LogP contribution in [-0.2, 0) is 4.79 Å². The summed E-state index contributed by atoms with van der Waals surface area (Å²) in [7, 11) is 0. The second kappa shape index (κ2) is 6.17. The van der Waals surface area contributed by atoms with Crippen LogP contribution in [0, 0.1) is 5.92 Å². The number of aliphatic hydroxyl groups excluding tert-OH is 1. The highest BCUT2D eigenvalue weighted by atomic mass is 35.5. The molecule has 3 rings (SSSR count). The van der Waals surface area contributed by atoms with Crippen LogP contribution < -0.4 is 5.32 Å². The molecule has 2 unspecified atom stereocenters. The molecule has 0 spiro atoms. The summed E-state index contributed by atoms with van der Waals surface area (Å²) in [6, 6.07) is 0. The fourth-order valence-corrected chi connectivity index (χ4v) is 3.63. The van der Waals surface area contributed by atoms with Crippen molar-refractivity contribution in [3.05, 3.63) is 28.5 Å². The normalized spacial score (nSPS) is 22.4. The van der Waals surface area contributed by atoms with E-state index in [1.54, 1.807) is 6.08 Å². The van der Waals surface area contributed by atoms with Crippen LogP contribution in [0.5, 0.6) is 0 Å². The van der Waals surface area contributed by atoms with Crippen molar-refractivity contribution >= 4 is 39.9 Å². The second-order valence-corrected chi connectivity index (χ2v) is 6.41. The maximum atomic E-state index is 11.8. The van der Waals surface area contributed by atoms with Gasteiger partial charge in [0.2, 0.25) is 5.91 Å². The zero-order valence-electron chi connectivity index (χ0n) is 11.3. The van der Waals surface area contributed by atoms with Crippen molar-refractivity contribution in [2.75, 3.05) is 6.54 Å². The maximum Gasteiger partial charge on any atom is 0.244 e. The van der Waals surface area contributed by atoms with Gasteiger partial charge in [0, 0.05) is 30.1 Å². The molecule has 2 heterocycles. The van der Waals surface area contributed by atoms with Gasteiger partial charge in [-0.3, -0.25) is 9.20 Å². The first-order valence-electron chi connectivity index (χ1n) is 6.90. The van der Waals surface area contributed by atoms with Gasteiger partial charge in [0.25, 0.3) is 0 Å². The number of fused-ring (bicyclic) bond motifs is 1. The van der Waals surface area contributed by atoms with Gasteiger partial charge in [-0.15, -0.1) is 11.3 Å². The Morgan fingerprint density at radius 1 is 1.62 bits per heavy atom. The van der Waals surface area contributed by atoms with Gasteiger partial charge in [-0.05, 0) is 18.9 Å². The fraction of sp³-hybridized carbons (Fsp3) is 0.429. The molecule has 1 fully saturated rings. The summed E-state index contributed by atoms with van der Waals surface area (Å²) >= 11 is 7.54. The molecule has 2 aromatic heterocycles. The van der Waals surface area contributed by atoms with Gasteiger partial charge in [-0.2, -0.15) is 0 Å². The minimum absolute atomic E-state index is 0.171. The predicted molar refractivity (Wildman–Crippen MR) is 83.5 cm³/mol. The van der Waals surface area contributed by atoms with Crippen molar-refractivity contribution < 1.29 is 9.90 Å². The Morgan fingerprint density at radius 2 is 2.48 bits per heavy atom. The summed E-state index contributed by atoms with van der Waals surface area (Å²) in [5.74, 6) is -0.0140. The van der Waals surface area contributed by atoms with Crippen LogP contribution in [0.4, 0.5) is 0 Å². The smallest absolute Gasteiger partial charge is 0.244 e. The highest BCUT2D eigenvalue weighted by Crippen LogP contribution is 2.25. The summed E-state index contributed by atoms with van der Waals surface area (Å²) in [5, 5.41) is 14.8. The minimum atomic E-state index is -0.288. The first-order valence-corrected chi connectivity index (χ1v) is 8.16. The lowest BCUT2D eigenvalue weighted by molar-refractivity contribution is -0.116. The van der Waals surface area contributed by atoms with Gasteiger partial charge in [-0.25, -0.2) is 4.98 Å². The largest absolute Gasteiger partial charge is 0.393 e. The number of thiazole rings is 1. The molecular weight excluding hydrogens is 310 g/mol. The molecule has 1 aliphatic carbocycles. The predicted octanol–water partition coefficient (Wildman–Crippen LogP) is 2.34. The SMILES string of the molecule is O=C(C=Cc1c(Cl)nc2sccn12)NCC1CCCC1O. The summed E-state index contributed by atoms with van der Waals surface area (Å²) in [6.07, 6.45) is 7.52. The third-order valence-electron chi connectivity index (χ3n) is 3.80. The number of amides is 1. The lowest BCUT2D eigenvalue weighted by atomic mass is 10.1. The molecule has 0 aliphatic heterocycles. The molecule has 21 heavy (non-hydrogen) atoms. The van der Waals surface area contributed by atoms with E-state index in [9.17, 15) is 9.90 Å². The van der Waals surface area contributed by atoms with E-state index in [4.69, 9.17) is 11.6 Å². The van der Waals surface area contributed by atoms with Crippen LogP contribution in [0.15, 0.2) is 17.7 Å². The van der Waals surface area contributed by atoms with Crippen LogP contribution in [0.25, 0.3) is 11.0 Å². The Kier molecular flexibility index (Phi) is 4.28. The quantitative estimate of drug-likeness (QED) is 0.848. The Morgan fingerprint density at radius 3 is 3.24 bits per heavy atom. The molecular formula is C14H16ClN3O2S. The molecule has 0 radical (unpaired) electrons. The molecule has 2 atom stereocenters. The van der Waals surface area contributed by atoms with E-state index in [0.717, 1.165) is 24.2 Å². The fourth-order valence-electron chi connectivity index (χ4n) is 2.63. The molecule has 1 aliphatic rings. The lowest BCUT2D eigenvalue weighted by Crippen LogP contribution is -2.31. The van der Waals surface area contributed by atoms with Gasteiger partial charge in [0.1, 0.15) is 0 Å². The van der Waals surface area contributed by atoms with E-state index in [-0.39, 0.29) is 17.9 Å². The summed E-state index contributed by atoms with van der Waals surface area (Å²) in [4.78, 5) is 16.8. The van der Waals surface area contributed by atoms with E-state index in [2.05, 4.69) is 10.3 Å². The van der Waals surface area contributed by atoms with E-state index >= 15 is 0 Å². The number of carbonyl (C=O) groups is 1. The number of carbonyl (C=O) groups excluding carboxylic acids is 1. The molecule has 0 aromatic carbocycles. The third kappa shape index (κ3) is 3.12. The number of hydrogen-bond acceptors (Lipinski definition) is 4. The third-order valence-corrected chi connectivity index (χ3v) is 4.84. The summed E-state index contributed by atoms with van der Waals surface area (Å²) < 4.78 is 1.84. The number of aliphatic hydroxyl groups is 1.